The minimum Gasteiger partial charge on any atom is -0.496 e. The van der Waals surface area contributed by atoms with E-state index in [4.69, 9.17) is 4.74 Å². The van der Waals surface area contributed by atoms with Crippen LogP contribution >= 0.6 is 0 Å². The van der Waals surface area contributed by atoms with Crippen LogP contribution in [0.5, 0.6) is 5.75 Å². The first-order valence-corrected chi connectivity index (χ1v) is 13.5. The van der Waals surface area contributed by atoms with Crippen LogP contribution in [0.4, 0.5) is 24.5 Å². The molecule has 11 heteroatoms. The number of nitrogens with zero attached hydrogens (tertiary/aromatic N) is 3. The van der Waals surface area contributed by atoms with Crippen molar-refractivity contribution in [2.24, 2.45) is 0 Å². The number of anilines is 2. The van der Waals surface area contributed by atoms with Gasteiger partial charge in [0.1, 0.15) is 11.4 Å². The van der Waals surface area contributed by atoms with Gasteiger partial charge in [-0.1, -0.05) is 19.1 Å². The molecule has 0 unspecified atom stereocenters. The number of hydrogen-bond acceptors (Lipinski definition) is 6. The van der Waals surface area contributed by atoms with Gasteiger partial charge in [0.25, 0.3) is 5.91 Å². The Hall–Kier alpha value is -4.09. The van der Waals surface area contributed by atoms with Gasteiger partial charge in [0, 0.05) is 74.2 Å². The number of likely N-dealkylation sites (N-methyl/N-ethyl adjacent to an activating group) is 1. The molecule has 41 heavy (non-hydrogen) atoms. The molecule has 1 fully saturated rings. The van der Waals surface area contributed by atoms with Crippen LogP contribution in [-0.4, -0.2) is 65.5 Å². The minimum atomic E-state index is -4.57. The molecule has 1 aliphatic rings. The average Bonchev–Trinajstić information content (AvgIpc) is 3.45. The third-order valence-electron chi connectivity index (χ3n) is 7.40. The summed E-state index contributed by atoms with van der Waals surface area (Å²) in [6.07, 6.45) is -1.05. The molecule has 3 heterocycles. The standard InChI is InChI=1S/C30H33F3N6O2/c1-3-38-11-13-39(14-12-38)19-21-8-7-20(15-26(21)30(31,32)33)29(40)37-24-6-4-5-23(16-24)35-17-22-18-36-28-25(9-10-34-28)27(22)41-2/h4-10,15-16,18,35H,3,11-14,17,19H2,1-2H3,(H,34,36)(H,37,40). The number of nitrogens with one attached hydrogen (secondary N) is 3. The number of aromatic nitrogens is 2. The number of ether oxygens (including phenoxy) is 1. The van der Waals surface area contributed by atoms with Crippen LogP contribution in [0.1, 0.15) is 34.0 Å². The molecule has 216 valence electrons. The largest absolute Gasteiger partial charge is 0.496 e. The van der Waals surface area contributed by atoms with E-state index >= 15 is 0 Å². The van der Waals surface area contributed by atoms with E-state index in [1.165, 1.54) is 12.1 Å². The highest BCUT2D eigenvalue weighted by atomic mass is 19.4. The second-order valence-electron chi connectivity index (χ2n) is 10.0. The summed E-state index contributed by atoms with van der Waals surface area (Å²) in [5.41, 5.74) is 2.10. The third kappa shape index (κ3) is 6.63. The molecule has 2 aromatic heterocycles. The first-order valence-electron chi connectivity index (χ1n) is 13.5. The summed E-state index contributed by atoms with van der Waals surface area (Å²) in [6.45, 7) is 6.70. The number of carbonyl (C=O) groups is 1. The lowest BCUT2D eigenvalue weighted by Gasteiger charge is -2.34. The molecule has 1 saturated heterocycles. The summed E-state index contributed by atoms with van der Waals surface area (Å²) in [5.74, 6) is 0.0971. The van der Waals surface area contributed by atoms with Crippen molar-refractivity contribution in [2.45, 2.75) is 26.2 Å². The predicted octanol–water partition coefficient (Wildman–Crippen LogP) is 5.59. The third-order valence-corrected chi connectivity index (χ3v) is 7.40. The van der Waals surface area contributed by atoms with Crippen molar-refractivity contribution in [3.8, 4) is 5.75 Å². The highest BCUT2D eigenvalue weighted by Gasteiger charge is 2.34. The maximum atomic E-state index is 14.0. The minimum absolute atomic E-state index is 0.0501. The number of piperazine rings is 1. The molecule has 0 spiro atoms. The van der Waals surface area contributed by atoms with Crippen LogP contribution in [0.2, 0.25) is 0 Å². The normalized spacial score (nSPS) is 14.8. The van der Waals surface area contributed by atoms with Crippen LogP contribution in [-0.2, 0) is 19.3 Å². The Kier molecular flexibility index (Phi) is 8.46. The lowest BCUT2D eigenvalue weighted by molar-refractivity contribution is -0.138. The number of H-pyrrole nitrogens is 1. The van der Waals surface area contributed by atoms with Gasteiger partial charge in [0.05, 0.1) is 18.1 Å². The highest BCUT2D eigenvalue weighted by molar-refractivity contribution is 6.04. The molecule has 8 nitrogen and oxygen atoms in total. The zero-order valence-electron chi connectivity index (χ0n) is 23.0. The molecule has 0 aliphatic carbocycles. The van der Waals surface area contributed by atoms with Gasteiger partial charge in [-0.05, 0) is 48.5 Å². The van der Waals surface area contributed by atoms with Gasteiger partial charge in [-0.25, -0.2) is 4.98 Å². The van der Waals surface area contributed by atoms with Crippen LogP contribution in [0.25, 0.3) is 11.0 Å². The van der Waals surface area contributed by atoms with Gasteiger partial charge in [-0.15, -0.1) is 0 Å². The first-order chi connectivity index (χ1) is 19.7. The predicted molar refractivity (Wildman–Crippen MR) is 153 cm³/mol. The number of pyridine rings is 1. The number of fused-ring (bicyclic) bond motifs is 1. The molecule has 1 aliphatic heterocycles. The van der Waals surface area contributed by atoms with Gasteiger partial charge in [-0.3, -0.25) is 9.69 Å². The second-order valence-corrected chi connectivity index (χ2v) is 10.0. The van der Waals surface area contributed by atoms with E-state index in [0.717, 1.165) is 42.3 Å². The van der Waals surface area contributed by atoms with E-state index in [1.54, 1.807) is 37.7 Å². The Morgan fingerprint density at radius 3 is 2.51 bits per heavy atom. The van der Waals surface area contributed by atoms with E-state index < -0.39 is 17.6 Å². The number of methoxy groups -OCH3 is 1. The van der Waals surface area contributed by atoms with Gasteiger partial charge in [0.15, 0.2) is 0 Å². The monoisotopic (exact) mass is 566 g/mol. The highest BCUT2D eigenvalue weighted by Crippen LogP contribution is 2.34. The number of alkyl halides is 3. The number of aromatic amines is 1. The average molecular weight is 567 g/mol. The van der Waals surface area contributed by atoms with E-state index in [9.17, 15) is 18.0 Å². The Balaban J connectivity index is 1.27. The molecule has 5 rings (SSSR count). The number of rotatable bonds is 9. The maximum absolute atomic E-state index is 14.0. The van der Waals surface area contributed by atoms with Crippen LogP contribution in [0.3, 0.4) is 0 Å². The van der Waals surface area contributed by atoms with Crippen molar-refractivity contribution in [1.29, 1.82) is 0 Å². The zero-order valence-corrected chi connectivity index (χ0v) is 23.0. The molecule has 4 aromatic rings. The van der Waals surface area contributed by atoms with E-state index in [1.807, 2.05) is 17.0 Å². The topological polar surface area (TPSA) is 85.5 Å². The van der Waals surface area contributed by atoms with Crippen molar-refractivity contribution >= 4 is 28.3 Å². The summed E-state index contributed by atoms with van der Waals surface area (Å²) >= 11 is 0. The van der Waals surface area contributed by atoms with Crippen molar-refractivity contribution in [1.82, 2.24) is 19.8 Å². The van der Waals surface area contributed by atoms with Crippen LogP contribution in [0.15, 0.2) is 60.9 Å². The molecule has 1 amide bonds. The van der Waals surface area contributed by atoms with Crippen molar-refractivity contribution < 1.29 is 22.7 Å². The quantitative estimate of drug-likeness (QED) is 0.245. The fourth-order valence-electron chi connectivity index (χ4n) is 5.12. The number of amides is 1. The van der Waals surface area contributed by atoms with E-state index in [0.29, 0.717) is 36.8 Å². The number of carbonyl (C=O) groups excluding carboxylic acids is 1. The Morgan fingerprint density at radius 1 is 1.02 bits per heavy atom. The van der Waals surface area contributed by atoms with E-state index in [2.05, 4.69) is 32.4 Å². The summed E-state index contributed by atoms with van der Waals surface area (Å²) in [7, 11) is 1.60. The second kappa shape index (κ2) is 12.2. The maximum Gasteiger partial charge on any atom is 0.416 e. The van der Waals surface area contributed by atoms with Crippen LogP contribution < -0.4 is 15.4 Å². The molecule has 0 radical (unpaired) electrons. The van der Waals surface area contributed by atoms with Crippen LogP contribution in [0, 0.1) is 0 Å². The van der Waals surface area contributed by atoms with Crippen molar-refractivity contribution in [2.75, 3.05) is 50.5 Å². The fraction of sp³-hybridized carbons (Fsp3) is 0.333. The van der Waals surface area contributed by atoms with Gasteiger partial charge < -0.3 is 25.3 Å². The molecule has 3 N–H and O–H groups in total. The summed E-state index contributed by atoms with van der Waals surface area (Å²) in [4.78, 5) is 24.8. The fourth-order valence-corrected chi connectivity index (χ4v) is 5.12. The molecule has 0 bridgehead atoms. The smallest absolute Gasteiger partial charge is 0.416 e. The van der Waals surface area contributed by atoms with Gasteiger partial charge in [-0.2, -0.15) is 13.2 Å². The molecular formula is C30H33F3N6O2. The van der Waals surface area contributed by atoms with E-state index in [-0.39, 0.29) is 17.7 Å². The van der Waals surface area contributed by atoms with Gasteiger partial charge >= 0.3 is 6.18 Å². The zero-order chi connectivity index (χ0) is 29.0. The Bertz CT molecular complexity index is 1510. The Labute approximate surface area is 236 Å². The number of halogens is 3. The number of hydrogen-bond donors (Lipinski definition) is 3. The van der Waals surface area contributed by atoms with Gasteiger partial charge in [0.2, 0.25) is 0 Å². The molecule has 0 atom stereocenters. The number of benzene rings is 2. The lowest BCUT2D eigenvalue weighted by Crippen LogP contribution is -2.45. The summed E-state index contributed by atoms with van der Waals surface area (Å²) in [6, 6.07) is 12.7. The SMILES string of the molecule is CCN1CCN(Cc2ccc(C(=O)Nc3cccc(NCc4cnc5[nH]ccc5c4OC)c3)cc2C(F)(F)F)CC1. The first kappa shape index (κ1) is 28.4. The summed E-state index contributed by atoms with van der Waals surface area (Å²) in [5, 5.41) is 6.89. The summed E-state index contributed by atoms with van der Waals surface area (Å²) < 4.78 is 47.6. The molecular weight excluding hydrogens is 533 g/mol. The van der Waals surface area contributed by atoms with Crippen molar-refractivity contribution in [3.63, 3.8) is 0 Å². The molecule has 0 saturated carbocycles. The lowest BCUT2D eigenvalue weighted by atomic mass is 10.0. The molecule has 2 aromatic carbocycles. The Morgan fingerprint density at radius 2 is 1.78 bits per heavy atom. The van der Waals surface area contributed by atoms with Crippen molar-refractivity contribution in [3.05, 3.63) is 83.2 Å².